The maximum atomic E-state index is 11.3. The number of rotatable bonds is 3. The van der Waals surface area contributed by atoms with E-state index in [1.807, 2.05) is 18.2 Å². The van der Waals surface area contributed by atoms with Crippen molar-refractivity contribution in [2.75, 3.05) is 13.7 Å². The molecule has 0 saturated carbocycles. The summed E-state index contributed by atoms with van der Waals surface area (Å²) in [5.41, 5.74) is 2.95. The summed E-state index contributed by atoms with van der Waals surface area (Å²) in [6.07, 6.45) is 2.61. The number of aryl methyl sites for hydroxylation is 1. The maximum absolute atomic E-state index is 11.3. The molecule has 2 aromatic carbocycles. The van der Waals surface area contributed by atoms with Gasteiger partial charge in [-0.05, 0) is 53.8 Å². The van der Waals surface area contributed by atoms with Gasteiger partial charge < -0.3 is 14.6 Å². The summed E-state index contributed by atoms with van der Waals surface area (Å²) in [6.45, 7) is 0.745. The van der Waals surface area contributed by atoms with Gasteiger partial charge in [-0.3, -0.25) is 4.79 Å². The molecular weight excluding hydrogens is 268 g/mol. The summed E-state index contributed by atoms with van der Waals surface area (Å²) in [6, 6.07) is 9.28. The lowest BCUT2D eigenvalue weighted by atomic mass is 9.95. The number of fused-ring (bicyclic) bond motifs is 1. The Balaban J connectivity index is 2.12. The van der Waals surface area contributed by atoms with Gasteiger partial charge in [-0.1, -0.05) is 6.07 Å². The Labute approximate surface area is 122 Å². The van der Waals surface area contributed by atoms with Gasteiger partial charge in [0.1, 0.15) is 5.75 Å². The second-order valence-electron chi connectivity index (χ2n) is 4.97. The summed E-state index contributed by atoms with van der Waals surface area (Å²) >= 11 is 0. The zero-order valence-corrected chi connectivity index (χ0v) is 11.8. The minimum atomic E-state index is -0.126. The fourth-order valence-corrected chi connectivity index (χ4v) is 2.65. The molecule has 0 aliphatic carbocycles. The van der Waals surface area contributed by atoms with Crippen LogP contribution in [0.2, 0.25) is 0 Å². The predicted molar refractivity (Wildman–Crippen MR) is 79.3 cm³/mol. The van der Waals surface area contributed by atoms with Gasteiger partial charge >= 0.3 is 0 Å². The van der Waals surface area contributed by atoms with Gasteiger partial charge in [0, 0.05) is 0 Å². The zero-order chi connectivity index (χ0) is 14.8. The van der Waals surface area contributed by atoms with Crippen LogP contribution in [0, 0.1) is 0 Å². The van der Waals surface area contributed by atoms with Crippen molar-refractivity contribution in [3.05, 3.63) is 41.5 Å². The average molecular weight is 284 g/mol. The Hall–Kier alpha value is -2.49. The summed E-state index contributed by atoms with van der Waals surface area (Å²) < 4.78 is 10.6. The summed E-state index contributed by atoms with van der Waals surface area (Å²) in [5.74, 6) is 1.07. The average Bonchev–Trinajstić information content (AvgIpc) is 2.54. The molecule has 1 heterocycles. The Morgan fingerprint density at radius 3 is 2.90 bits per heavy atom. The van der Waals surface area contributed by atoms with Crippen molar-refractivity contribution in [3.8, 4) is 28.4 Å². The lowest BCUT2D eigenvalue weighted by Crippen LogP contribution is -2.08. The fourth-order valence-electron chi connectivity index (χ4n) is 2.65. The molecule has 0 unspecified atom stereocenters. The second kappa shape index (κ2) is 5.48. The molecule has 0 amide bonds. The van der Waals surface area contributed by atoms with Crippen molar-refractivity contribution in [3.63, 3.8) is 0 Å². The minimum Gasteiger partial charge on any atom is -0.504 e. The topological polar surface area (TPSA) is 55.8 Å². The molecule has 0 fully saturated rings. The van der Waals surface area contributed by atoms with Crippen LogP contribution in [-0.2, 0) is 6.42 Å². The van der Waals surface area contributed by atoms with Gasteiger partial charge in [0.2, 0.25) is 0 Å². The highest BCUT2D eigenvalue weighted by Gasteiger charge is 2.16. The Morgan fingerprint density at radius 2 is 2.14 bits per heavy atom. The van der Waals surface area contributed by atoms with Gasteiger partial charge in [0.15, 0.2) is 17.8 Å². The van der Waals surface area contributed by atoms with Crippen LogP contribution in [0.3, 0.4) is 0 Å². The number of aldehydes is 1. The van der Waals surface area contributed by atoms with Gasteiger partial charge in [-0.15, -0.1) is 0 Å². The fraction of sp³-hybridized carbons (Fsp3) is 0.235. The van der Waals surface area contributed by atoms with Crippen LogP contribution in [0.15, 0.2) is 30.3 Å². The van der Waals surface area contributed by atoms with Crippen LogP contribution < -0.4 is 9.47 Å². The second-order valence-corrected chi connectivity index (χ2v) is 4.97. The molecular formula is C17H16O4. The molecule has 4 heteroatoms. The standard InChI is InChI=1S/C17H16O4/c1-20-16-7-5-13(14(10-18)17(16)19)11-4-6-15-12(9-11)3-2-8-21-15/h4-7,9-10,19H,2-3,8H2,1H3. The first-order valence-corrected chi connectivity index (χ1v) is 6.86. The normalized spacial score (nSPS) is 13.2. The molecule has 21 heavy (non-hydrogen) atoms. The highest BCUT2D eigenvalue weighted by Crippen LogP contribution is 2.38. The first kappa shape index (κ1) is 13.5. The highest BCUT2D eigenvalue weighted by atomic mass is 16.5. The number of carbonyl (C=O) groups excluding carboxylic acids is 1. The first-order chi connectivity index (χ1) is 10.2. The van der Waals surface area contributed by atoms with Crippen LogP contribution >= 0.6 is 0 Å². The zero-order valence-electron chi connectivity index (χ0n) is 11.8. The molecule has 0 radical (unpaired) electrons. The molecule has 0 spiro atoms. The van der Waals surface area contributed by atoms with Gasteiger partial charge in [-0.2, -0.15) is 0 Å². The number of ether oxygens (including phenoxy) is 2. The number of methoxy groups -OCH3 is 1. The summed E-state index contributed by atoms with van der Waals surface area (Å²) in [7, 11) is 1.46. The molecule has 2 aromatic rings. The first-order valence-electron chi connectivity index (χ1n) is 6.86. The van der Waals surface area contributed by atoms with E-state index in [0.717, 1.165) is 36.3 Å². The third-order valence-electron chi connectivity index (χ3n) is 3.74. The summed E-state index contributed by atoms with van der Waals surface area (Å²) in [4.78, 5) is 11.3. The summed E-state index contributed by atoms with van der Waals surface area (Å²) in [5, 5.41) is 10.1. The third-order valence-corrected chi connectivity index (χ3v) is 3.74. The Kier molecular flexibility index (Phi) is 3.52. The van der Waals surface area contributed by atoms with E-state index in [9.17, 15) is 9.90 Å². The van der Waals surface area contributed by atoms with Crippen molar-refractivity contribution in [2.45, 2.75) is 12.8 Å². The number of phenolic OH excluding ortho intramolecular Hbond substituents is 1. The molecule has 1 aliphatic rings. The number of phenols is 1. The monoisotopic (exact) mass is 284 g/mol. The van der Waals surface area contributed by atoms with Crippen LogP contribution in [0.25, 0.3) is 11.1 Å². The highest BCUT2D eigenvalue weighted by molar-refractivity contribution is 5.92. The van der Waals surface area contributed by atoms with Gasteiger partial charge in [0.05, 0.1) is 19.3 Å². The smallest absolute Gasteiger partial charge is 0.169 e. The van der Waals surface area contributed by atoms with E-state index in [4.69, 9.17) is 9.47 Å². The number of hydrogen-bond acceptors (Lipinski definition) is 4. The number of hydrogen-bond donors (Lipinski definition) is 1. The van der Waals surface area contributed by atoms with E-state index >= 15 is 0 Å². The van der Waals surface area contributed by atoms with Crippen LogP contribution in [0.5, 0.6) is 17.2 Å². The van der Waals surface area contributed by atoms with Crippen molar-refractivity contribution in [2.24, 2.45) is 0 Å². The van der Waals surface area contributed by atoms with Crippen LogP contribution in [0.4, 0.5) is 0 Å². The van der Waals surface area contributed by atoms with Crippen LogP contribution in [-0.4, -0.2) is 25.1 Å². The van der Waals surface area contributed by atoms with E-state index in [1.165, 1.54) is 7.11 Å². The number of aromatic hydroxyl groups is 1. The van der Waals surface area contributed by atoms with Crippen molar-refractivity contribution >= 4 is 6.29 Å². The molecule has 1 N–H and O–H groups in total. The SMILES string of the molecule is COc1ccc(-c2ccc3c(c2)CCCO3)c(C=O)c1O. The molecule has 0 bridgehead atoms. The van der Waals surface area contributed by atoms with E-state index < -0.39 is 0 Å². The minimum absolute atomic E-state index is 0.126. The Morgan fingerprint density at radius 1 is 1.29 bits per heavy atom. The third kappa shape index (κ3) is 2.33. The predicted octanol–water partition coefficient (Wildman–Crippen LogP) is 3.21. The molecule has 3 rings (SSSR count). The van der Waals surface area contributed by atoms with E-state index in [-0.39, 0.29) is 11.3 Å². The van der Waals surface area contributed by atoms with Crippen molar-refractivity contribution in [1.29, 1.82) is 0 Å². The molecule has 0 aromatic heterocycles. The largest absolute Gasteiger partial charge is 0.504 e. The lowest BCUT2D eigenvalue weighted by Gasteiger charge is -2.18. The van der Waals surface area contributed by atoms with Gasteiger partial charge in [-0.25, -0.2) is 0 Å². The van der Waals surface area contributed by atoms with E-state index in [0.29, 0.717) is 17.6 Å². The lowest BCUT2D eigenvalue weighted by molar-refractivity contribution is 0.112. The van der Waals surface area contributed by atoms with E-state index in [1.54, 1.807) is 12.1 Å². The Bertz CT molecular complexity index is 691. The molecule has 0 atom stereocenters. The van der Waals surface area contributed by atoms with Crippen LogP contribution in [0.1, 0.15) is 22.3 Å². The molecule has 108 valence electrons. The number of benzene rings is 2. The van der Waals surface area contributed by atoms with Crippen molar-refractivity contribution < 1.29 is 19.4 Å². The molecule has 1 aliphatic heterocycles. The van der Waals surface area contributed by atoms with Crippen molar-refractivity contribution in [1.82, 2.24) is 0 Å². The van der Waals surface area contributed by atoms with E-state index in [2.05, 4.69) is 0 Å². The number of carbonyl (C=O) groups is 1. The maximum Gasteiger partial charge on any atom is 0.169 e. The molecule has 0 saturated heterocycles. The van der Waals surface area contributed by atoms with Gasteiger partial charge in [0.25, 0.3) is 0 Å². The quantitative estimate of drug-likeness (QED) is 0.879. The molecule has 4 nitrogen and oxygen atoms in total.